The molecule has 0 fully saturated rings. The SMILES string of the molecule is CCNCCCC(C)C1=CC=C(c2ccoc2)C=CC1. The highest BCUT2D eigenvalue weighted by atomic mass is 16.3. The molecule has 0 spiro atoms. The lowest BCUT2D eigenvalue weighted by Gasteiger charge is -2.14. The molecule has 1 unspecified atom stereocenters. The third kappa shape index (κ3) is 4.24. The summed E-state index contributed by atoms with van der Waals surface area (Å²) in [6.45, 7) is 6.68. The van der Waals surface area contributed by atoms with E-state index in [2.05, 4.69) is 43.5 Å². The smallest absolute Gasteiger partial charge is 0.0980 e. The van der Waals surface area contributed by atoms with Gasteiger partial charge >= 0.3 is 0 Å². The molecule has 1 aromatic rings. The van der Waals surface area contributed by atoms with E-state index in [0.717, 1.165) is 25.1 Å². The monoisotopic (exact) mass is 271 g/mol. The molecular weight excluding hydrogens is 246 g/mol. The molecule has 0 amide bonds. The first kappa shape index (κ1) is 14.9. The summed E-state index contributed by atoms with van der Waals surface area (Å²) in [6, 6.07) is 2.01. The maximum atomic E-state index is 5.16. The van der Waals surface area contributed by atoms with Crippen molar-refractivity contribution in [3.8, 4) is 0 Å². The van der Waals surface area contributed by atoms with Crippen molar-refractivity contribution in [1.82, 2.24) is 5.32 Å². The van der Waals surface area contributed by atoms with Crippen molar-refractivity contribution >= 4 is 5.57 Å². The van der Waals surface area contributed by atoms with Gasteiger partial charge < -0.3 is 9.73 Å². The van der Waals surface area contributed by atoms with E-state index in [-0.39, 0.29) is 0 Å². The first-order valence-electron chi connectivity index (χ1n) is 7.62. The van der Waals surface area contributed by atoms with Gasteiger partial charge in [0.05, 0.1) is 12.5 Å². The lowest BCUT2D eigenvalue weighted by molar-refractivity contribution is 0.545. The Morgan fingerprint density at radius 3 is 3.00 bits per heavy atom. The fourth-order valence-electron chi connectivity index (χ4n) is 2.52. The van der Waals surface area contributed by atoms with E-state index < -0.39 is 0 Å². The molecule has 0 saturated carbocycles. The van der Waals surface area contributed by atoms with Crippen molar-refractivity contribution in [3.63, 3.8) is 0 Å². The van der Waals surface area contributed by atoms with E-state index in [1.54, 1.807) is 12.5 Å². The first-order valence-corrected chi connectivity index (χ1v) is 7.62. The minimum atomic E-state index is 0.651. The zero-order chi connectivity index (χ0) is 14.2. The summed E-state index contributed by atoms with van der Waals surface area (Å²) in [5, 5.41) is 3.39. The van der Waals surface area contributed by atoms with E-state index in [1.807, 2.05) is 6.07 Å². The van der Waals surface area contributed by atoms with E-state index in [4.69, 9.17) is 4.42 Å². The van der Waals surface area contributed by atoms with E-state index in [1.165, 1.54) is 24.0 Å². The van der Waals surface area contributed by atoms with Gasteiger partial charge in [-0.25, -0.2) is 0 Å². The van der Waals surface area contributed by atoms with Crippen LogP contribution in [0.3, 0.4) is 0 Å². The predicted octanol–water partition coefficient (Wildman–Crippen LogP) is 4.58. The number of hydrogen-bond donors (Lipinski definition) is 1. The second-order valence-corrected chi connectivity index (χ2v) is 5.38. The molecule has 1 aliphatic rings. The van der Waals surface area contributed by atoms with Crippen LogP contribution in [-0.4, -0.2) is 13.1 Å². The average molecular weight is 271 g/mol. The average Bonchev–Trinajstić information content (AvgIpc) is 2.88. The lowest BCUT2D eigenvalue weighted by Crippen LogP contribution is -2.15. The number of nitrogens with one attached hydrogen (secondary N) is 1. The van der Waals surface area contributed by atoms with Crippen LogP contribution in [-0.2, 0) is 0 Å². The second kappa shape index (κ2) is 7.91. The van der Waals surface area contributed by atoms with Crippen LogP contribution < -0.4 is 5.32 Å². The largest absolute Gasteiger partial charge is 0.472 e. The highest BCUT2D eigenvalue weighted by Gasteiger charge is 2.09. The predicted molar refractivity (Wildman–Crippen MR) is 85.5 cm³/mol. The van der Waals surface area contributed by atoms with Crippen LogP contribution in [0.15, 0.2) is 52.9 Å². The molecule has 0 aliphatic heterocycles. The van der Waals surface area contributed by atoms with Crippen molar-refractivity contribution in [3.05, 3.63) is 54.0 Å². The fraction of sp³-hybridized carbons (Fsp3) is 0.444. The summed E-state index contributed by atoms with van der Waals surface area (Å²) >= 11 is 0. The number of furan rings is 1. The van der Waals surface area contributed by atoms with Crippen molar-refractivity contribution in [2.45, 2.75) is 33.1 Å². The lowest BCUT2D eigenvalue weighted by atomic mass is 9.93. The minimum Gasteiger partial charge on any atom is -0.472 e. The van der Waals surface area contributed by atoms with Crippen molar-refractivity contribution in [2.75, 3.05) is 13.1 Å². The van der Waals surface area contributed by atoms with Crippen LogP contribution in [0, 0.1) is 5.92 Å². The van der Waals surface area contributed by atoms with Gasteiger partial charge in [0.25, 0.3) is 0 Å². The van der Waals surface area contributed by atoms with Crippen LogP contribution in [0.25, 0.3) is 5.57 Å². The highest BCUT2D eigenvalue weighted by molar-refractivity contribution is 5.75. The van der Waals surface area contributed by atoms with Crippen molar-refractivity contribution in [1.29, 1.82) is 0 Å². The molecule has 0 bridgehead atoms. The van der Waals surface area contributed by atoms with Gasteiger partial charge in [0.15, 0.2) is 0 Å². The quantitative estimate of drug-likeness (QED) is 0.735. The zero-order valence-electron chi connectivity index (χ0n) is 12.6. The molecule has 1 N–H and O–H groups in total. The third-order valence-electron chi connectivity index (χ3n) is 3.86. The Morgan fingerprint density at radius 2 is 2.25 bits per heavy atom. The molecule has 1 aliphatic carbocycles. The molecule has 108 valence electrons. The molecule has 2 heteroatoms. The molecular formula is C18H25NO. The standard InChI is InChI=1S/C18H25NO/c1-3-19-12-5-6-15(2)16-7-4-8-17(10-9-16)18-11-13-20-14-18/h4,8-11,13-15,19H,3,5-7,12H2,1-2H3. The van der Waals surface area contributed by atoms with Crippen LogP contribution in [0.4, 0.5) is 0 Å². The summed E-state index contributed by atoms with van der Waals surface area (Å²) in [5.74, 6) is 0.651. The molecule has 1 aromatic heterocycles. The van der Waals surface area contributed by atoms with E-state index in [9.17, 15) is 0 Å². The fourth-order valence-corrected chi connectivity index (χ4v) is 2.52. The Kier molecular flexibility index (Phi) is 5.87. The highest BCUT2D eigenvalue weighted by Crippen LogP contribution is 2.26. The van der Waals surface area contributed by atoms with Gasteiger partial charge in [-0.3, -0.25) is 0 Å². The molecule has 2 nitrogen and oxygen atoms in total. The summed E-state index contributed by atoms with van der Waals surface area (Å²) < 4.78 is 5.16. The molecule has 1 atom stereocenters. The maximum absolute atomic E-state index is 5.16. The number of hydrogen-bond acceptors (Lipinski definition) is 2. The van der Waals surface area contributed by atoms with Gasteiger partial charge in [0.1, 0.15) is 0 Å². The Labute approximate surface area is 122 Å². The molecule has 1 heterocycles. The van der Waals surface area contributed by atoms with Crippen LogP contribution >= 0.6 is 0 Å². The Balaban J connectivity index is 1.94. The van der Waals surface area contributed by atoms with Gasteiger partial charge in [-0.05, 0) is 49.9 Å². The zero-order valence-corrected chi connectivity index (χ0v) is 12.6. The summed E-state index contributed by atoms with van der Waals surface area (Å²) in [5.41, 5.74) is 3.91. The number of allylic oxidation sites excluding steroid dienone is 6. The van der Waals surface area contributed by atoms with Gasteiger partial charge in [-0.1, -0.05) is 43.7 Å². The molecule has 20 heavy (non-hydrogen) atoms. The first-order chi connectivity index (χ1) is 9.81. The topological polar surface area (TPSA) is 25.2 Å². The summed E-state index contributed by atoms with van der Waals surface area (Å²) in [6.07, 6.45) is 16.0. The molecule has 0 radical (unpaired) electrons. The summed E-state index contributed by atoms with van der Waals surface area (Å²) in [7, 11) is 0. The van der Waals surface area contributed by atoms with Crippen LogP contribution in [0.2, 0.25) is 0 Å². The Bertz CT molecular complexity index is 480. The Morgan fingerprint density at radius 1 is 1.35 bits per heavy atom. The van der Waals surface area contributed by atoms with Crippen molar-refractivity contribution in [2.24, 2.45) is 5.92 Å². The molecule has 0 aromatic carbocycles. The second-order valence-electron chi connectivity index (χ2n) is 5.38. The van der Waals surface area contributed by atoms with Crippen molar-refractivity contribution < 1.29 is 4.42 Å². The Hall–Kier alpha value is -1.54. The van der Waals surface area contributed by atoms with Crippen LogP contribution in [0.1, 0.15) is 38.7 Å². The van der Waals surface area contributed by atoms with E-state index in [0.29, 0.717) is 5.92 Å². The number of rotatable bonds is 7. The van der Waals surface area contributed by atoms with Crippen LogP contribution in [0.5, 0.6) is 0 Å². The van der Waals surface area contributed by atoms with E-state index >= 15 is 0 Å². The minimum absolute atomic E-state index is 0.651. The van der Waals surface area contributed by atoms with Gasteiger partial charge in [-0.2, -0.15) is 0 Å². The molecule has 2 rings (SSSR count). The third-order valence-corrected chi connectivity index (χ3v) is 3.86. The molecule has 0 saturated heterocycles. The van der Waals surface area contributed by atoms with Gasteiger partial charge in [0.2, 0.25) is 0 Å². The maximum Gasteiger partial charge on any atom is 0.0980 e. The summed E-state index contributed by atoms with van der Waals surface area (Å²) in [4.78, 5) is 0. The van der Waals surface area contributed by atoms with Gasteiger partial charge in [0, 0.05) is 5.56 Å². The van der Waals surface area contributed by atoms with Gasteiger partial charge in [-0.15, -0.1) is 0 Å². The normalized spacial score (nSPS) is 16.5.